The van der Waals surface area contributed by atoms with E-state index < -0.39 is 10.0 Å². The summed E-state index contributed by atoms with van der Waals surface area (Å²) < 4.78 is 26.5. The lowest BCUT2D eigenvalue weighted by molar-refractivity contribution is 0.0930. The van der Waals surface area contributed by atoms with Gasteiger partial charge in [0.05, 0.1) is 5.69 Å². The Morgan fingerprint density at radius 1 is 1.12 bits per heavy atom. The fourth-order valence-electron chi connectivity index (χ4n) is 1.96. The Hall–Kier alpha value is -1.86. The minimum Gasteiger partial charge on any atom is -0.349 e. The fraction of sp³-hybridized carbons (Fsp3) is 0.353. The Balaban J connectivity index is 2.16. The first-order valence-electron chi connectivity index (χ1n) is 7.67. The molecule has 0 aliphatic heterocycles. The normalized spacial score (nSPS) is 12.9. The van der Waals surface area contributed by atoms with Crippen molar-refractivity contribution in [3.63, 3.8) is 0 Å². The summed E-state index contributed by atoms with van der Waals surface area (Å²) in [5.74, 6) is 0.182. The summed E-state index contributed by atoms with van der Waals surface area (Å²) in [6.45, 7) is 6.04. The van der Waals surface area contributed by atoms with Crippen LogP contribution in [-0.2, 0) is 10.0 Å². The zero-order chi connectivity index (χ0) is 17.9. The number of thiophene rings is 1. The quantitative estimate of drug-likeness (QED) is 0.852. The van der Waals surface area contributed by atoms with Crippen molar-refractivity contribution in [2.24, 2.45) is 5.92 Å². The molecule has 0 aliphatic carbocycles. The molecule has 0 unspecified atom stereocenters. The van der Waals surface area contributed by atoms with Crippen LogP contribution in [0.5, 0.6) is 0 Å². The number of anilines is 1. The minimum atomic E-state index is -3.56. The number of hydrogen-bond donors (Lipinski definition) is 1. The van der Waals surface area contributed by atoms with Gasteiger partial charge in [-0.1, -0.05) is 19.9 Å². The molecule has 0 saturated carbocycles. The molecule has 2 aromatic rings. The van der Waals surface area contributed by atoms with Crippen LogP contribution in [-0.4, -0.2) is 27.4 Å². The first kappa shape index (κ1) is 18.5. The second-order valence-corrected chi connectivity index (χ2v) is 9.10. The van der Waals surface area contributed by atoms with E-state index in [2.05, 4.69) is 5.32 Å². The Bertz CT molecular complexity index is 782. The van der Waals surface area contributed by atoms with Crippen LogP contribution in [0.1, 0.15) is 31.1 Å². The van der Waals surface area contributed by atoms with E-state index in [4.69, 9.17) is 0 Å². The van der Waals surface area contributed by atoms with Crippen LogP contribution < -0.4 is 9.62 Å². The molecular formula is C17H22N2O3S2. The molecule has 0 radical (unpaired) electrons. The molecule has 1 aromatic carbocycles. The minimum absolute atomic E-state index is 0.0686. The predicted molar refractivity (Wildman–Crippen MR) is 98.1 cm³/mol. The average Bonchev–Trinajstić information content (AvgIpc) is 3.09. The van der Waals surface area contributed by atoms with Gasteiger partial charge in [-0.3, -0.25) is 9.10 Å². The van der Waals surface area contributed by atoms with E-state index in [9.17, 15) is 13.2 Å². The third-order valence-electron chi connectivity index (χ3n) is 3.96. The monoisotopic (exact) mass is 366 g/mol. The summed E-state index contributed by atoms with van der Waals surface area (Å²) in [5.41, 5.74) is 1.02. The number of sulfonamides is 1. The number of benzene rings is 1. The number of nitrogens with zero attached hydrogens (tertiary/aromatic N) is 1. The molecule has 0 spiro atoms. The molecular weight excluding hydrogens is 344 g/mol. The maximum absolute atomic E-state index is 12.5. The maximum Gasteiger partial charge on any atom is 0.273 e. The van der Waals surface area contributed by atoms with Crippen LogP contribution in [0.3, 0.4) is 0 Å². The SMILES string of the molecule is CC(C)[C@H](C)NC(=O)c1ccc(N(C)S(=O)(=O)c2cccs2)cc1. The van der Waals surface area contributed by atoms with Crippen molar-refractivity contribution in [1.82, 2.24) is 5.32 Å². The number of amides is 1. The largest absolute Gasteiger partial charge is 0.349 e. The van der Waals surface area contributed by atoms with E-state index in [-0.39, 0.29) is 16.2 Å². The molecule has 24 heavy (non-hydrogen) atoms. The smallest absolute Gasteiger partial charge is 0.273 e. The Morgan fingerprint density at radius 2 is 1.75 bits per heavy atom. The fourth-order valence-corrected chi connectivity index (χ4v) is 4.32. The van der Waals surface area contributed by atoms with Crippen molar-refractivity contribution < 1.29 is 13.2 Å². The molecule has 0 fully saturated rings. The molecule has 1 heterocycles. The third kappa shape index (κ3) is 3.96. The molecule has 0 bridgehead atoms. The van der Waals surface area contributed by atoms with Crippen molar-refractivity contribution in [1.29, 1.82) is 0 Å². The van der Waals surface area contributed by atoms with Gasteiger partial charge in [0.25, 0.3) is 15.9 Å². The van der Waals surface area contributed by atoms with E-state index in [1.165, 1.54) is 22.7 Å². The van der Waals surface area contributed by atoms with E-state index in [0.717, 1.165) is 0 Å². The molecule has 1 aromatic heterocycles. The highest BCUT2D eigenvalue weighted by Crippen LogP contribution is 2.25. The zero-order valence-electron chi connectivity index (χ0n) is 14.2. The van der Waals surface area contributed by atoms with Crippen molar-refractivity contribution in [2.45, 2.75) is 31.0 Å². The Labute approximate surface area is 147 Å². The van der Waals surface area contributed by atoms with Crippen LogP contribution >= 0.6 is 11.3 Å². The molecule has 7 heteroatoms. The predicted octanol–water partition coefficient (Wildman–Crippen LogP) is 3.35. The molecule has 1 atom stereocenters. The van der Waals surface area contributed by atoms with Crippen LogP contribution in [0.2, 0.25) is 0 Å². The van der Waals surface area contributed by atoms with Gasteiger partial charge in [0.15, 0.2) is 0 Å². The first-order chi connectivity index (χ1) is 11.2. The van der Waals surface area contributed by atoms with Gasteiger partial charge >= 0.3 is 0 Å². The van der Waals surface area contributed by atoms with Crippen LogP contribution in [0, 0.1) is 5.92 Å². The van der Waals surface area contributed by atoms with Gasteiger partial charge in [-0.25, -0.2) is 8.42 Å². The van der Waals surface area contributed by atoms with Crippen molar-refractivity contribution in [2.75, 3.05) is 11.4 Å². The highest BCUT2D eigenvalue weighted by molar-refractivity contribution is 7.94. The summed E-state index contributed by atoms with van der Waals surface area (Å²) >= 11 is 1.18. The van der Waals surface area contributed by atoms with Crippen molar-refractivity contribution >= 4 is 33.0 Å². The standard InChI is InChI=1S/C17H22N2O3S2/c1-12(2)13(3)18-17(20)14-7-9-15(10-8-14)19(4)24(21,22)16-6-5-11-23-16/h5-13H,1-4H3,(H,18,20)/t13-/m0/s1. The van der Waals surface area contributed by atoms with E-state index in [1.54, 1.807) is 41.8 Å². The first-order valence-corrected chi connectivity index (χ1v) is 9.99. The van der Waals surface area contributed by atoms with Crippen LogP contribution in [0.4, 0.5) is 5.69 Å². The van der Waals surface area contributed by atoms with E-state index in [1.807, 2.05) is 20.8 Å². The number of nitrogens with one attached hydrogen (secondary N) is 1. The second kappa shape index (κ2) is 7.36. The number of hydrogen-bond acceptors (Lipinski definition) is 4. The van der Waals surface area contributed by atoms with Gasteiger partial charge in [-0.2, -0.15) is 0 Å². The molecule has 130 valence electrons. The lowest BCUT2D eigenvalue weighted by Gasteiger charge is -2.19. The summed E-state index contributed by atoms with van der Waals surface area (Å²) in [6.07, 6.45) is 0. The van der Waals surface area contributed by atoms with Crippen LogP contribution in [0.25, 0.3) is 0 Å². The Morgan fingerprint density at radius 3 is 2.25 bits per heavy atom. The molecule has 2 rings (SSSR count). The number of carbonyl (C=O) groups is 1. The Kier molecular flexibility index (Phi) is 5.66. The summed E-state index contributed by atoms with van der Waals surface area (Å²) in [5, 5.41) is 4.65. The maximum atomic E-state index is 12.5. The topological polar surface area (TPSA) is 66.5 Å². The molecule has 0 saturated heterocycles. The number of carbonyl (C=O) groups excluding carboxylic acids is 1. The van der Waals surface area contributed by atoms with Crippen molar-refractivity contribution in [3.05, 3.63) is 47.3 Å². The molecule has 1 N–H and O–H groups in total. The van der Waals surface area contributed by atoms with Gasteiger partial charge < -0.3 is 5.32 Å². The number of rotatable bonds is 6. The van der Waals surface area contributed by atoms with Gasteiger partial charge in [0.2, 0.25) is 0 Å². The summed E-state index contributed by atoms with van der Waals surface area (Å²) in [6, 6.07) is 9.90. The summed E-state index contributed by atoms with van der Waals surface area (Å²) in [4.78, 5) is 12.2. The van der Waals surface area contributed by atoms with Gasteiger partial charge in [-0.15, -0.1) is 11.3 Å². The lowest BCUT2D eigenvalue weighted by atomic mass is 10.1. The van der Waals surface area contributed by atoms with Gasteiger partial charge in [-0.05, 0) is 48.6 Å². The van der Waals surface area contributed by atoms with Crippen LogP contribution in [0.15, 0.2) is 46.0 Å². The zero-order valence-corrected chi connectivity index (χ0v) is 15.8. The second-order valence-electron chi connectivity index (χ2n) is 5.96. The third-order valence-corrected chi connectivity index (χ3v) is 7.12. The van der Waals surface area contributed by atoms with Crippen molar-refractivity contribution in [3.8, 4) is 0 Å². The molecule has 0 aliphatic rings. The molecule has 5 nitrogen and oxygen atoms in total. The lowest BCUT2D eigenvalue weighted by Crippen LogP contribution is -2.36. The van der Waals surface area contributed by atoms with E-state index in [0.29, 0.717) is 17.2 Å². The average molecular weight is 367 g/mol. The van der Waals surface area contributed by atoms with Gasteiger partial charge in [0.1, 0.15) is 4.21 Å². The highest BCUT2D eigenvalue weighted by Gasteiger charge is 2.22. The van der Waals surface area contributed by atoms with E-state index >= 15 is 0 Å². The highest BCUT2D eigenvalue weighted by atomic mass is 32.2. The molecule has 1 amide bonds. The van der Waals surface area contributed by atoms with Gasteiger partial charge in [0, 0.05) is 18.7 Å². The summed E-state index contributed by atoms with van der Waals surface area (Å²) in [7, 11) is -2.06.